The molecule has 13 heteroatoms. The van der Waals surface area contributed by atoms with Crippen LogP contribution in [0.15, 0.2) is 35.8 Å². The number of halogens is 3. The Kier molecular flexibility index (Phi) is 6.30. The molecular weight excluding hydrogens is 425 g/mol. The number of alkyl halides is 3. The maximum atomic E-state index is 13.6. The van der Waals surface area contributed by atoms with Crippen LogP contribution in [0, 0.1) is 0 Å². The number of nitrogens with zero attached hydrogens (tertiary/aromatic N) is 4. The summed E-state index contributed by atoms with van der Waals surface area (Å²) in [7, 11) is 1.34. The molecule has 0 radical (unpaired) electrons. The molecule has 0 saturated carbocycles. The highest BCUT2D eigenvalue weighted by Gasteiger charge is 2.41. The molecule has 2 N–H and O–H groups in total. The summed E-state index contributed by atoms with van der Waals surface area (Å²) in [5.74, 6) is -1.44. The Balaban J connectivity index is 1.70. The van der Waals surface area contributed by atoms with Gasteiger partial charge in [-0.25, -0.2) is 4.68 Å². The van der Waals surface area contributed by atoms with Crippen LogP contribution in [0.25, 0.3) is 5.82 Å². The highest BCUT2D eigenvalue weighted by Crippen LogP contribution is 2.33. The van der Waals surface area contributed by atoms with Gasteiger partial charge in [0, 0.05) is 19.2 Å². The number of ether oxygens (including phenoxy) is 1. The molecular formula is C17H15F3N6O3S. The Hall–Kier alpha value is -3.48. The largest absolute Gasteiger partial charge is 0.480 e. The van der Waals surface area contributed by atoms with Crippen LogP contribution < -0.4 is 15.4 Å². The van der Waals surface area contributed by atoms with Crippen molar-refractivity contribution in [2.75, 3.05) is 20.2 Å². The van der Waals surface area contributed by atoms with E-state index in [0.29, 0.717) is 9.56 Å². The van der Waals surface area contributed by atoms with Gasteiger partial charge in [-0.2, -0.15) is 18.3 Å². The molecule has 0 aliphatic heterocycles. The first kappa shape index (κ1) is 21.2. The topological polar surface area (TPSA) is 111 Å². The number of amides is 2. The summed E-state index contributed by atoms with van der Waals surface area (Å²) in [6.45, 7) is -0.0251. The first-order valence-corrected chi connectivity index (χ1v) is 9.32. The molecule has 0 spiro atoms. The van der Waals surface area contributed by atoms with E-state index >= 15 is 0 Å². The van der Waals surface area contributed by atoms with Crippen molar-refractivity contribution in [3.63, 3.8) is 0 Å². The normalized spacial score (nSPS) is 11.2. The van der Waals surface area contributed by atoms with E-state index in [1.807, 2.05) is 0 Å². The van der Waals surface area contributed by atoms with Crippen molar-refractivity contribution in [2.24, 2.45) is 0 Å². The van der Waals surface area contributed by atoms with Crippen LogP contribution in [0.3, 0.4) is 0 Å². The number of methoxy groups -OCH3 is 1. The van der Waals surface area contributed by atoms with E-state index in [0.717, 1.165) is 6.20 Å². The third-order valence-corrected chi connectivity index (χ3v) is 4.64. The van der Waals surface area contributed by atoms with Crippen molar-refractivity contribution in [3.8, 4) is 11.7 Å². The number of carbonyl (C=O) groups is 2. The molecule has 3 heterocycles. The van der Waals surface area contributed by atoms with Gasteiger partial charge in [-0.1, -0.05) is 6.07 Å². The Labute approximate surface area is 171 Å². The van der Waals surface area contributed by atoms with Crippen molar-refractivity contribution in [1.82, 2.24) is 30.6 Å². The monoisotopic (exact) mass is 440 g/mol. The van der Waals surface area contributed by atoms with Crippen molar-refractivity contribution < 1.29 is 27.5 Å². The number of hydrogen-bond donors (Lipinski definition) is 2. The Bertz CT molecular complexity index is 1020. The van der Waals surface area contributed by atoms with Gasteiger partial charge in [-0.3, -0.25) is 9.59 Å². The smallest absolute Gasteiger partial charge is 0.434 e. The summed E-state index contributed by atoms with van der Waals surface area (Å²) in [4.78, 5) is 24.6. The Morgan fingerprint density at radius 1 is 1.13 bits per heavy atom. The van der Waals surface area contributed by atoms with Crippen LogP contribution in [0.5, 0.6) is 5.88 Å². The molecule has 0 bridgehead atoms. The second-order valence-electron chi connectivity index (χ2n) is 5.74. The lowest BCUT2D eigenvalue weighted by Crippen LogP contribution is -2.35. The number of hydrogen-bond acceptors (Lipinski definition) is 7. The standard InChI is InChI=1S/C17H15F3N6O3S/c1-29-13-5-4-12(24-25-13)26-14(17(18,19)20)10(9-23-26)15(27)21-6-7-22-16(28)11-3-2-8-30-11/h2-5,8-9H,6-7H2,1H3,(H,21,27)(H,22,28). The van der Waals surface area contributed by atoms with E-state index in [-0.39, 0.29) is 30.7 Å². The van der Waals surface area contributed by atoms with Crippen molar-refractivity contribution in [2.45, 2.75) is 6.18 Å². The number of carbonyl (C=O) groups excluding carboxylic acids is 2. The van der Waals surface area contributed by atoms with Crippen LogP contribution in [-0.2, 0) is 6.18 Å². The average Bonchev–Trinajstić information content (AvgIpc) is 3.40. The number of aromatic nitrogens is 4. The number of rotatable bonds is 7. The fraction of sp³-hybridized carbons (Fsp3) is 0.235. The maximum Gasteiger partial charge on any atom is 0.434 e. The van der Waals surface area contributed by atoms with Crippen molar-refractivity contribution >= 4 is 23.2 Å². The Morgan fingerprint density at radius 3 is 2.43 bits per heavy atom. The lowest BCUT2D eigenvalue weighted by molar-refractivity contribution is -0.143. The quantitative estimate of drug-likeness (QED) is 0.543. The van der Waals surface area contributed by atoms with Gasteiger partial charge in [0.05, 0.1) is 23.7 Å². The van der Waals surface area contributed by atoms with E-state index < -0.39 is 23.3 Å². The third-order valence-electron chi connectivity index (χ3n) is 3.78. The minimum absolute atomic E-state index is 0.0436. The van der Waals surface area contributed by atoms with Crippen LogP contribution in [0.1, 0.15) is 25.7 Å². The zero-order valence-corrected chi connectivity index (χ0v) is 16.3. The predicted molar refractivity (Wildman–Crippen MR) is 99.7 cm³/mol. The van der Waals surface area contributed by atoms with Gasteiger partial charge < -0.3 is 15.4 Å². The molecule has 0 unspecified atom stereocenters. The summed E-state index contributed by atoms with van der Waals surface area (Å²) in [6.07, 6.45) is -4.08. The molecule has 30 heavy (non-hydrogen) atoms. The second kappa shape index (κ2) is 8.90. The fourth-order valence-corrected chi connectivity index (χ4v) is 3.08. The van der Waals surface area contributed by atoms with Crippen LogP contribution >= 0.6 is 11.3 Å². The molecule has 0 aliphatic rings. The molecule has 0 fully saturated rings. The molecule has 3 aromatic heterocycles. The molecule has 0 aliphatic carbocycles. The summed E-state index contributed by atoms with van der Waals surface area (Å²) < 4.78 is 46.2. The van der Waals surface area contributed by atoms with Crippen LogP contribution in [0.2, 0.25) is 0 Å². The predicted octanol–water partition coefficient (Wildman–Crippen LogP) is 1.91. The SMILES string of the molecule is COc1ccc(-n2ncc(C(=O)NCCNC(=O)c3cccs3)c2C(F)(F)F)nn1. The van der Waals surface area contributed by atoms with Gasteiger partial charge >= 0.3 is 6.18 Å². The molecule has 0 atom stereocenters. The van der Waals surface area contributed by atoms with Gasteiger partial charge in [0.25, 0.3) is 11.8 Å². The molecule has 3 aromatic rings. The van der Waals surface area contributed by atoms with Gasteiger partial charge in [-0.15, -0.1) is 21.5 Å². The van der Waals surface area contributed by atoms with Crippen LogP contribution in [0.4, 0.5) is 13.2 Å². The van der Waals surface area contributed by atoms with E-state index in [2.05, 4.69) is 25.9 Å². The van der Waals surface area contributed by atoms with Gasteiger partial charge in [0.1, 0.15) is 0 Å². The molecule has 158 valence electrons. The Morgan fingerprint density at radius 2 is 1.87 bits per heavy atom. The van der Waals surface area contributed by atoms with E-state index in [1.165, 1.54) is 30.6 Å². The zero-order valence-electron chi connectivity index (χ0n) is 15.4. The van der Waals surface area contributed by atoms with E-state index in [1.54, 1.807) is 17.5 Å². The first-order chi connectivity index (χ1) is 14.3. The summed E-state index contributed by atoms with van der Waals surface area (Å²) >= 11 is 1.25. The number of thiophene rings is 1. The third kappa shape index (κ3) is 4.74. The van der Waals surface area contributed by atoms with E-state index in [4.69, 9.17) is 4.74 Å². The molecule has 3 rings (SSSR count). The van der Waals surface area contributed by atoms with Crippen LogP contribution in [-0.4, -0.2) is 52.0 Å². The zero-order chi connectivity index (χ0) is 21.7. The van der Waals surface area contributed by atoms with E-state index in [9.17, 15) is 22.8 Å². The lowest BCUT2D eigenvalue weighted by Gasteiger charge is -2.12. The summed E-state index contributed by atoms with van der Waals surface area (Å²) in [5.41, 5.74) is -1.97. The lowest BCUT2D eigenvalue weighted by atomic mass is 10.2. The van der Waals surface area contributed by atoms with Gasteiger partial charge in [0.2, 0.25) is 5.88 Å². The summed E-state index contributed by atoms with van der Waals surface area (Å²) in [5, 5.41) is 17.5. The van der Waals surface area contributed by atoms with Gasteiger partial charge in [0.15, 0.2) is 11.5 Å². The highest BCUT2D eigenvalue weighted by molar-refractivity contribution is 7.12. The maximum absolute atomic E-state index is 13.6. The molecule has 0 saturated heterocycles. The second-order valence-corrected chi connectivity index (χ2v) is 6.69. The minimum atomic E-state index is -4.88. The average molecular weight is 440 g/mol. The van der Waals surface area contributed by atoms with Crippen molar-refractivity contribution in [1.29, 1.82) is 0 Å². The summed E-state index contributed by atoms with van der Waals surface area (Å²) in [6, 6.07) is 5.89. The fourth-order valence-electron chi connectivity index (χ4n) is 2.44. The molecule has 9 nitrogen and oxygen atoms in total. The van der Waals surface area contributed by atoms with Gasteiger partial charge in [-0.05, 0) is 17.5 Å². The number of nitrogens with one attached hydrogen (secondary N) is 2. The molecule has 0 aromatic carbocycles. The minimum Gasteiger partial charge on any atom is -0.480 e. The van der Waals surface area contributed by atoms with Crippen molar-refractivity contribution in [3.05, 3.63) is 52.0 Å². The molecule has 2 amide bonds. The first-order valence-electron chi connectivity index (χ1n) is 8.44. The highest BCUT2D eigenvalue weighted by atomic mass is 32.1.